The molecule has 0 aliphatic carbocycles. The zero-order valence-corrected chi connectivity index (χ0v) is 10.6. The van der Waals surface area contributed by atoms with E-state index >= 15 is 0 Å². The predicted octanol–water partition coefficient (Wildman–Crippen LogP) is 2.87. The second-order valence-electron chi connectivity index (χ2n) is 3.60. The third kappa shape index (κ3) is 4.35. The predicted molar refractivity (Wildman–Crippen MR) is 67.4 cm³/mol. The van der Waals surface area contributed by atoms with Gasteiger partial charge in [-0.15, -0.1) is 0 Å². The van der Waals surface area contributed by atoms with E-state index in [1.165, 1.54) is 24.9 Å². The summed E-state index contributed by atoms with van der Waals surface area (Å²) in [6.45, 7) is 2.41. The van der Waals surface area contributed by atoms with Gasteiger partial charge in [-0.25, -0.2) is 14.4 Å². The molecule has 90 valence electrons. The first-order chi connectivity index (χ1) is 7.75. The van der Waals surface area contributed by atoms with Gasteiger partial charge in [0, 0.05) is 6.54 Å². The first-order valence-electron chi connectivity index (χ1n) is 5.45. The fourth-order valence-electron chi connectivity index (χ4n) is 1.34. The first kappa shape index (κ1) is 13.2. The fourth-order valence-corrected chi connectivity index (χ4v) is 1.83. The highest BCUT2D eigenvalue weighted by Crippen LogP contribution is 2.11. The summed E-state index contributed by atoms with van der Waals surface area (Å²) < 4.78 is 13.4. The second-order valence-corrected chi connectivity index (χ2v) is 4.59. The highest BCUT2D eigenvalue weighted by Gasteiger charge is 2.05. The molecule has 5 heteroatoms. The van der Waals surface area contributed by atoms with Gasteiger partial charge in [0.05, 0.1) is 5.69 Å². The monoisotopic (exact) mass is 243 g/mol. The number of anilines is 1. The maximum Gasteiger partial charge on any atom is 0.186 e. The molecule has 0 unspecified atom stereocenters. The molecule has 16 heavy (non-hydrogen) atoms. The second kappa shape index (κ2) is 7.44. The summed E-state index contributed by atoms with van der Waals surface area (Å²) in [7, 11) is 0. The van der Waals surface area contributed by atoms with Gasteiger partial charge in [0.2, 0.25) is 0 Å². The van der Waals surface area contributed by atoms with E-state index < -0.39 is 0 Å². The lowest BCUT2D eigenvalue weighted by molar-refractivity contribution is 0.603. The standard InChI is InChI=1S/C11H18FN3S/c1-9-10(12)11(15-8-14-9)13-6-4-3-5-7-16-2/h8H,3-7H2,1-2H3,(H,13,14,15). The van der Waals surface area contributed by atoms with E-state index in [0.717, 1.165) is 13.0 Å². The number of unbranched alkanes of at least 4 members (excludes halogenated alkanes) is 2. The van der Waals surface area contributed by atoms with Crippen LogP contribution in [-0.2, 0) is 0 Å². The van der Waals surface area contributed by atoms with Crippen LogP contribution in [0.2, 0.25) is 0 Å². The molecule has 0 bridgehead atoms. The SMILES string of the molecule is CSCCCCCNc1ncnc(C)c1F. The number of nitrogens with zero attached hydrogens (tertiary/aromatic N) is 2. The van der Waals surface area contributed by atoms with Crippen LogP contribution in [0.1, 0.15) is 25.0 Å². The number of thioether (sulfide) groups is 1. The van der Waals surface area contributed by atoms with Gasteiger partial charge < -0.3 is 5.32 Å². The number of rotatable bonds is 7. The van der Waals surface area contributed by atoms with Crippen molar-refractivity contribution in [3.05, 3.63) is 17.8 Å². The van der Waals surface area contributed by atoms with Crippen molar-refractivity contribution in [2.75, 3.05) is 23.9 Å². The summed E-state index contributed by atoms with van der Waals surface area (Å²) in [5.74, 6) is 1.17. The lowest BCUT2D eigenvalue weighted by Crippen LogP contribution is -2.07. The quantitative estimate of drug-likeness (QED) is 0.747. The molecule has 0 saturated carbocycles. The lowest BCUT2D eigenvalue weighted by atomic mass is 10.2. The van der Waals surface area contributed by atoms with Gasteiger partial charge in [0.15, 0.2) is 11.6 Å². The van der Waals surface area contributed by atoms with Crippen molar-refractivity contribution in [2.24, 2.45) is 0 Å². The molecule has 1 rings (SSSR count). The van der Waals surface area contributed by atoms with Crippen LogP contribution in [0, 0.1) is 12.7 Å². The third-order valence-electron chi connectivity index (χ3n) is 2.28. The zero-order valence-electron chi connectivity index (χ0n) is 9.79. The van der Waals surface area contributed by atoms with Gasteiger partial charge in [0.1, 0.15) is 6.33 Å². The maximum atomic E-state index is 13.4. The number of aryl methyl sites for hydroxylation is 1. The number of aromatic nitrogens is 2. The van der Waals surface area contributed by atoms with Crippen LogP contribution in [0.4, 0.5) is 10.2 Å². The Kier molecular flexibility index (Phi) is 6.15. The van der Waals surface area contributed by atoms with Crippen LogP contribution >= 0.6 is 11.8 Å². The van der Waals surface area contributed by atoms with E-state index in [1.807, 2.05) is 11.8 Å². The minimum Gasteiger partial charge on any atom is -0.368 e. The Morgan fingerprint density at radius 1 is 1.31 bits per heavy atom. The van der Waals surface area contributed by atoms with Gasteiger partial charge in [-0.1, -0.05) is 6.42 Å². The van der Waals surface area contributed by atoms with E-state index in [4.69, 9.17) is 0 Å². The number of halogens is 1. The molecule has 1 N–H and O–H groups in total. The van der Waals surface area contributed by atoms with Crippen LogP contribution in [0.25, 0.3) is 0 Å². The van der Waals surface area contributed by atoms with E-state index in [2.05, 4.69) is 21.5 Å². The van der Waals surface area contributed by atoms with Crippen LogP contribution in [-0.4, -0.2) is 28.5 Å². The summed E-state index contributed by atoms with van der Waals surface area (Å²) in [5, 5.41) is 3.00. The molecular formula is C11H18FN3S. The molecular weight excluding hydrogens is 225 g/mol. The van der Waals surface area contributed by atoms with Crippen LogP contribution in [0.5, 0.6) is 0 Å². The summed E-state index contributed by atoms with van der Waals surface area (Å²) in [6, 6.07) is 0. The first-order valence-corrected chi connectivity index (χ1v) is 6.85. The molecule has 0 amide bonds. The van der Waals surface area contributed by atoms with Crippen molar-refractivity contribution in [3.8, 4) is 0 Å². The molecule has 1 aromatic heterocycles. The van der Waals surface area contributed by atoms with Crippen LogP contribution < -0.4 is 5.32 Å². The molecule has 0 aliphatic rings. The molecule has 1 heterocycles. The minimum atomic E-state index is -0.341. The Morgan fingerprint density at radius 2 is 2.12 bits per heavy atom. The molecule has 0 aromatic carbocycles. The van der Waals surface area contributed by atoms with Crippen molar-refractivity contribution in [1.82, 2.24) is 9.97 Å². The molecule has 0 aliphatic heterocycles. The van der Waals surface area contributed by atoms with E-state index in [9.17, 15) is 4.39 Å². The number of hydrogen-bond acceptors (Lipinski definition) is 4. The average molecular weight is 243 g/mol. The van der Waals surface area contributed by atoms with Gasteiger partial charge in [0.25, 0.3) is 0 Å². The van der Waals surface area contributed by atoms with Crippen molar-refractivity contribution in [1.29, 1.82) is 0 Å². The molecule has 1 aromatic rings. The van der Waals surface area contributed by atoms with E-state index in [-0.39, 0.29) is 5.82 Å². The van der Waals surface area contributed by atoms with E-state index in [0.29, 0.717) is 11.5 Å². The molecule has 0 fully saturated rings. The van der Waals surface area contributed by atoms with Crippen LogP contribution in [0.15, 0.2) is 6.33 Å². The van der Waals surface area contributed by atoms with Crippen molar-refractivity contribution in [2.45, 2.75) is 26.2 Å². The van der Waals surface area contributed by atoms with Crippen LogP contribution in [0.3, 0.4) is 0 Å². The topological polar surface area (TPSA) is 37.8 Å². The molecule has 0 atom stereocenters. The Morgan fingerprint density at radius 3 is 2.88 bits per heavy atom. The maximum absolute atomic E-state index is 13.4. The summed E-state index contributed by atoms with van der Waals surface area (Å²) in [6.07, 6.45) is 6.92. The third-order valence-corrected chi connectivity index (χ3v) is 2.98. The molecule has 0 spiro atoms. The fraction of sp³-hybridized carbons (Fsp3) is 0.636. The van der Waals surface area contributed by atoms with Gasteiger partial charge in [-0.3, -0.25) is 0 Å². The number of nitrogens with one attached hydrogen (secondary N) is 1. The summed E-state index contributed by atoms with van der Waals surface area (Å²) in [4.78, 5) is 7.65. The van der Waals surface area contributed by atoms with Gasteiger partial charge in [-0.2, -0.15) is 11.8 Å². The van der Waals surface area contributed by atoms with E-state index in [1.54, 1.807) is 6.92 Å². The Bertz CT molecular complexity index is 320. The normalized spacial score (nSPS) is 10.4. The van der Waals surface area contributed by atoms with Crippen molar-refractivity contribution in [3.63, 3.8) is 0 Å². The molecule has 3 nitrogen and oxygen atoms in total. The van der Waals surface area contributed by atoms with Gasteiger partial charge in [-0.05, 0) is 31.8 Å². The summed E-state index contributed by atoms with van der Waals surface area (Å²) >= 11 is 1.86. The van der Waals surface area contributed by atoms with Crippen molar-refractivity contribution >= 4 is 17.6 Å². The lowest BCUT2D eigenvalue weighted by Gasteiger charge is -2.06. The Hall–Kier alpha value is -0.840. The molecule has 0 saturated heterocycles. The zero-order chi connectivity index (χ0) is 11.8. The Labute approximate surface area is 100 Å². The highest BCUT2D eigenvalue weighted by atomic mass is 32.2. The highest BCUT2D eigenvalue weighted by molar-refractivity contribution is 7.98. The van der Waals surface area contributed by atoms with Gasteiger partial charge >= 0.3 is 0 Å². The minimum absolute atomic E-state index is 0.317. The number of hydrogen-bond donors (Lipinski definition) is 1. The largest absolute Gasteiger partial charge is 0.368 e. The smallest absolute Gasteiger partial charge is 0.186 e. The average Bonchev–Trinajstić information content (AvgIpc) is 2.29. The van der Waals surface area contributed by atoms with Crippen molar-refractivity contribution < 1.29 is 4.39 Å². The Balaban J connectivity index is 2.24. The molecule has 0 radical (unpaired) electrons. The summed E-state index contributed by atoms with van der Waals surface area (Å²) in [5.41, 5.74) is 0.389.